The van der Waals surface area contributed by atoms with Crippen molar-refractivity contribution in [2.75, 3.05) is 9.80 Å². The molecule has 0 amide bonds. The van der Waals surface area contributed by atoms with Crippen molar-refractivity contribution in [2.24, 2.45) is 0 Å². The van der Waals surface area contributed by atoms with E-state index in [0.29, 0.717) is 0 Å². The smallest absolute Gasteiger partial charge is 0.0542 e. The number of fused-ring (bicyclic) bond motifs is 8. The highest BCUT2D eigenvalue weighted by Gasteiger charge is 2.23. The third-order valence-corrected chi connectivity index (χ3v) is 18.0. The molecule has 90 heavy (non-hydrogen) atoms. The maximum Gasteiger partial charge on any atom is 0.0542 e. The molecule has 6 heteroatoms. The number of anilines is 6. The molecule has 426 valence electrons. The lowest BCUT2D eigenvalue weighted by atomic mass is 10.1. The van der Waals surface area contributed by atoms with E-state index in [0.717, 1.165) is 101 Å². The summed E-state index contributed by atoms with van der Waals surface area (Å²) in [6, 6.07) is 120. The number of aromatic nitrogens is 4. The molecule has 17 rings (SSSR count). The van der Waals surface area contributed by atoms with E-state index in [1.807, 2.05) is 0 Å². The summed E-state index contributed by atoms with van der Waals surface area (Å²) in [7, 11) is 0. The quantitative estimate of drug-likeness (QED) is 0.122. The van der Waals surface area contributed by atoms with Crippen molar-refractivity contribution in [3.8, 4) is 45.3 Å². The molecule has 0 saturated carbocycles. The van der Waals surface area contributed by atoms with Crippen LogP contribution in [0.2, 0.25) is 0 Å². The molecule has 0 aliphatic heterocycles. The van der Waals surface area contributed by atoms with Gasteiger partial charge in [-0.05, 0) is 207 Å². The molecule has 0 aliphatic carbocycles. The van der Waals surface area contributed by atoms with Crippen molar-refractivity contribution >= 4 is 99.5 Å². The van der Waals surface area contributed by atoms with Crippen molar-refractivity contribution < 1.29 is 0 Å². The first-order valence-corrected chi connectivity index (χ1v) is 30.9. The van der Waals surface area contributed by atoms with E-state index >= 15 is 0 Å². The lowest BCUT2D eigenvalue weighted by Gasteiger charge is -2.26. The first-order valence-electron chi connectivity index (χ1n) is 30.9. The average Bonchev–Trinajstić information content (AvgIpc) is 1.66. The second-order valence-electron chi connectivity index (χ2n) is 23.6. The molecule has 0 atom stereocenters. The summed E-state index contributed by atoms with van der Waals surface area (Å²) in [5, 5.41) is 7.16. The van der Waals surface area contributed by atoms with Crippen LogP contribution < -0.4 is 9.80 Å². The predicted octanol–water partition coefficient (Wildman–Crippen LogP) is 22.7. The van der Waals surface area contributed by atoms with Crippen molar-refractivity contribution in [2.45, 2.75) is 13.8 Å². The van der Waals surface area contributed by atoms with E-state index < -0.39 is 0 Å². The molecule has 0 unspecified atom stereocenters. The van der Waals surface area contributed by atoms with Crippen molar-refractivity contribution in [1.29, 1.82) is 0 Å². The van der Waals surface area contributed by atoms with Crippen LogP contribution >= 0.6 is 0 Å². The molecule has 4 heterocycles. The van der Waals surface area contributed by atoms with Crippen molar-refractivity contribution in [1.82, 2.24) is 18.3 Å². The fraction of sp³-hybridized carbons (Fsp3) is 0.0238. The van der Waals surface area contributed by atoms with Crippen LogP contribution in [-0.2, 0) is 0 Å². The number of rotatable bonds is 12. The normalized spacial score (nSPS) is 11.7. The first kappa shape index (κ1) is 52.5. The number of hydrogen-bond donors (Lipinski definition) is 0. The van der Waals surface area contributed by atoms with E-state index in [2.05, 4.69) is 369 Å². The van der Waals surface area contributed by atoms with Crippen LogP contribution in [0.1, 0.15) is 11.1 Å². The molecule has 0 aliphatic rings. The maximum absolute atomic E-state index is 2.46. The number of aryl methyl sites for hydroxylation is 2. The van der Waals surface area contributed by atoms with Crippen LogP contribution in [0, 0.1) is 13.8 Å². The van der Waals surface area contributed by atoms with Gasteiger partial charge in [-0.3, -0.25) is 0 Å². The van der Waals surface area contributed by atoms with Crippen LogP contribution in [0.15, 0.2) is 328 Å². The Kier molecular flexibility index (Phi) is 12.5. The van der Waals surface area contributed by atoms with Gasteiger partial charge >= 0.3 is 0 Å². The van der Waals surface area contributed by atoms with Gasteiger partial charge in [-0.2, -0.15) is 0 Å². The summed E-state index contributed by atoms with van der Waals surface area (Å²) >= 11 is 0. The van der Waals surface area contributed by atoms with Crippen molar-refractivity contribution in [3.63, 3.8) is 0 Å². The minimum absolute atomic E-state index is 1.07. The molecule has 6 nitrogen and oxygen atoms in total. The number of hydrogen-bond acceptors (Lipinski definition) is 2. The van der Waals surface area contributed by atoms with Gasteiger partial charge in [0.25, 0.3) is 0 Å². The Labute approximate surface area is 522 Å². The monoisotopic (exact) mass is 1150 g/mol. The minimum atomic E-state index is 1.07. The summed E-state index contributed by atoms with van der Waals surface area (Å²) in [5.74, 6) is 0. The summed E-state index contributed by atoms with van der Waals surface area (Å²) in [6.07, 6.45) is 0. The standard InChI is InChI=1S/C84H60N6/c1-57-21-19-23-59(49-57)81-51-61-53-84-62(54-83(61)89(81)69-41-37-67(38-42-69)85(63-25-7-3-8-26-63)71-45-47-79-75(55-71)73-33-15-17-35-77(73)87(79)65-29-11-5-12-30-65)52-82(60-24-20-22-58(2)50-60)90(84)70-43-39-68(40-44-70)86(64-27-9-4-10-28-64)72-46-48-80-76(56-72)74-34-16-18-36-78(74)88(80)66-31-13-6-14-32-66/h3-56H,1-2H3. The molecule has 0 saturated heterocycles. The van der Waals surface area contributed by atoms with E-state index in [1.165, 1.54) is 54.7 Å². The van der Waals surface area contributed by atoms with Gasteiger partial charge in [0.2, 0.25) is 0 Å². The number of benzene rings is 13. The molecule has 4 aromatic heterocycles. The Bertz CT molecular complexity index is 5190. The summed E-state index contributed by atoms with van der Waals surface area (Å²) < 4.78 is 9.67. The predicted molar refractivity (Wildman–Crippen MR) is 378 cm³/mol. The Balaban J connectivity index is 0.794. The fourth-order valence-electron chi connectivity index (χ4n) is 14.0. The molecular formula is C84H60N6. The topological polar surface area (TPSA) is 26.2 Å². The fourth-order valence-corrected chi connectivity index (χ4v) is 14.0. The number of nitrogens with zero attached hydrogens (tertiary/aromatic N) is 6. The van der Waals surface area contributed by atoms with Gasteiger partial charge in [0, 0.05) is 89.2 Å². The first-order chi connectivity index (χ1) is 44.5. The summed E-state index contributed by atoms with van der Waals surface area (Å²) in [4.78, 5) is 4.76. The zero-order valence-corrected chi connectivity index (χ0v) is 49.9. The van der Waals surface area contributed by atoms with Crippen LogP contribution in [-0.4, -0.2) is 18.3 Å². The molecule has 13 aromatic carbocycles. The molecule has 0 fully saturated rings. The van der Waals surface area contributed by atoms with Gasteiger partial charge in [-0.1, -0.05) is 157 Å². The Hall–Kier alpha value is -11.9. The Morgan fingerprint density at radius 2 is 0.544 bits per heavy atom. The summed E-state index contributed by atoms with van der Waals surface area (Å²) in [6.45, 7) is 4.36. The van der Waals surface area contributed by atoms with Crippen LogP contribution in [0.25, 0.3) is 111 Å². The molecule has 0 spiro atoms. The maximum atomic E-state index is 2.46. The molecule has 0 N–H and O–H groups in total. The zero-order valence-electron chi connectivity index (χ0n) is 49.9. The summed E-state index contributed by atoms with van der Waals surface area (Å²) in [5.41, 5.74) is 24.9. The average molecular weight is 1150 g/mol. The van der Waals surface area contributed by atoms with E-state index in [-0.39, 0.29) is 0 Å². The molecular weight excluding hydrogens is 1090 g/mol. The van der Waals surface area contributed by atoms with Gasteiger partial charge in [0.05, 0.1) is 44.5 Å². The molecule has 0 radical (unpaired) electrons. The van der Waals surface area contributed by atoms with Gasteiger partial charge in [0.1, 0.15) is 0 Å². The Morgan fingerprint density at radius 3 is 0.944 bits per heavy atom. The van der Waals surface area contributed by atoms with E-state index in [4.69, 9.17) is 0 Å². The highest BCUT2D eigenvalue weighted by Crippen LogP contribution is 2.45. The lowest BCUT2D eigenvalue weighted by Crippen LogP contribution is -2.10. The van der Waals surface area contributed by atoms with Crippen LogP contribution in [0.3, 0.4) is 0 Å². The SMILES string of the molecule is Cc1cccc(-c2cc3cc4c(cc(-c5cccc(C)c5)n4-c4ccc(N(c5ccccc5)c5ccc6c(c5)c5ccccc5n6-c5ccccc5)cc4)cc3n2-c2ccc(N(c3ccccc3)c3ccc4c(c3)c3ccccc3n4-c3ccccc3)cc2)c1. The number of para-hydroxylation sites is 6. The van der Waals surface area contributed by atoms with E-state index in [9.17, 15) is 0 Å². The van der Waals surface area contributed by atoms with Crippen LogP contribution in [0.5, 0.6) is 0 Å². The third kappa shape index (κ3) is 8.87. The molecule has 0 bridgehead atoms. The highest BCUT2D eigenvalue weighted by atomic mass is 15.2. The largest absolute Gasteiger partial charge is 0.310 e. The lowest BCUT2D eigenvalue weighted by molar-refractivity contribution is 1.13. The second kappa shape index (κ2) is 21.5. The Morgan fingerprint density at radius 1 is 0.211 bits per heavy atom. The van der Waals surface area contributed by atoms with Gasteiger partial charge < -0.3 is 28.1 Å². The molecule has 17 aromatic rings. The third-order valence-electron chi connectivity index (χ3n) is 18.0. The second-order valence-corrected chi connectivity index (χ2v) is 23.6. The van der Waals surface area contributed by atoms with Gasteiger partial charge in [-0.25, -0.2) is 0 Å². The van der Waals surface area contributed by atoms with Crippen LogP contribution in [0.4, 0.5) is 34.1 Å². The van der Waals surface area contributed by atoms with Gasteiger partial charge in [-0.15, -0.1) is 0 Å². The minimum Gasteiger partial charge on any atom is -0.310 e. The zero-order chi connectivity index (χ0) is 59.8. The van der Waals surface area contributed by atoms with E-state index in [1.54, 1.807) is 0 Å². The van der Waals surface area contributed by atoms with Gasteiger partial charge in [0.15, 0.2) is 0 Å². The van der Waals surface area contributed by atoms with Crippen molar-refractivity contribution in [3.05, 3.63) is 339 Å². The highest BCUT2D eigenvalue weighted by molar-refractivity contribution is 6.12.